The molecule has 4 nitrogen and oxygen atoms in total. The summed E-state index contributed by atoms with van der Waals surface area (Å²) >= 11 is 0. The smallest absolute Gasteiger partial charge is 0.337 e. The lowest BCUT2D eigenvalue weighted by molar-refractivity contribution is 0.0591. The van der Waals surface area contributed by atoms with E-state index in [9.17, 15) is 9.59 Å². The Hall–Kier alpha value is -2.62. The van der Waals surface area contributed by atoms with Crippen molar-refractivity contribution < 1.29 is 19.1 Å². The summed E-state index contributed by atoms with van der Waals surface area (Å²) in [6.45, 7) is 17.1. The fourth-order valence-corrected chi connectivity index (χ4v) is 3.57. The van der Waals surface area contributed by atoms with Gasteiger partial charge in [-0.3, -0.25) is 0 Å². The average Bonchev–Trinajstić information content (AvgIpc) is 2.83. The number of ether oxygens (including phenoxy) is 2. The van der Waals surface area contributed by atoms with Crippen LogP contribution in [0, 0.1) is 6.92 Å². The van der Waals surface area contributed by atoms with Crippen molar-refractivity contribution in [2.75, 3.05) is 14.2 Å². The highest BCUT2D eigenvalue weighted by Gasteiger charge is 2.12. The van der Waals surface area contributed by atoms with E-state index in [4.69, 9.17) is 4.74 Å². The summed E-state index contributed by atoms with van der Waals surface area (Å²) in [6, 6.07) is 11.6. The SMILES string of the molecule is C.CCC.CCC(C)c1ccc(C(=O)OC)cc1C.CCCc1ccc(C(=O)OC)cc1C(C)C. The van der Waals surface area contributed by atoms with Crippen LogP contribution < -0.4 is 0 Å². The quantitative estimate of drug-likeness (QED) is 0.367. The molecule has 198 valence electrons. The maximum Gasteiger partial charge on any atom is 0.337 e. The number of carbonyl (C=O) groups is 2. The van der Waals surface area contributed by atoms with Crippen LogP contribution in [-0.2, 0) is 15.9 Å². The molecule has 2 aromatic rings. The highest BCUT2D eigenvalue weighted by atomic mass is 16.5. The van der Waals surface area contributed by atoms with Gasteiger partial charge in [0, 0.05) is 0 Å². The minimum Gasteiger partial charge on any atom is -0.465 e. The molecule has 0 N–H and O–H groups in total. The van der Waals surface area contributed by atoms with Crippen LogP contribution in [0.15, 0.2) is 36.4 Å². The van der Waals surface area contributed by atoms with Crippen molar-refractivity contribution >= 4 is 11.9 Å². The van der Waals surface area contributed by atoms with Crippen molar-refractivity contribution in [3.63, 3.8) is 0 Å². The Bertz CT molecular complexity index is 884. The van der Waals surface area contributed by atoms with Crippen LogP contribution in [0.3, 0.4) is 0 Å². The summed E-state index contributed by atoms with van der Waals surface area (Å²) in [6.07, 6.45) is 4.55. The highest BCUT2D eigenvalue weighted by Crippen LogP contribution is 2.24. The number of hydrogen-bond donors (Lipinski definition) is 0. The molecule has 0 aliphatic carbocycles. The highest BCUT2D eigenvalue weighted by molar-refractivity contribution is 5.90. The van der Waals surface area contributed by atoms with E-state index in [1.54, 1.807) is 0 Å². The first-order valence-corrected chi connectivity index (χ1v) is 12.5. The van der Waals surface area contributed by atoms with Gasteiger partial charge in [-0.1, -0.05) is 80.9 Å². The number of aryl methyl sites for hydroxylation is 2. The van der Waals surface area contributed by atoms with E-state index in [0.29, 0.717) is 23.0 Å². The summed E-state index contributed by atoms with van der Waals surface area (Å²) < 4.78 is 9.41. The summed E-state index contributed by atoms with van der Waals surface area (Å²) in [5.41, 5.74) is 6.33. The van der Waals surface area contributed by atoms with Crippen LogP contribution >= 0.6 is 0 Å². The number of hydrogen-bond acceptors (Lipinski definition) is 4. The van der Waals surface area contributed by atoms with E-state index in [1.807, 2.05) is 43.3 Å². The molecular formula is C31H50O4. The second-order valence-corrected chi connectivity index (χ2v) is 8.89. The zero-order chi connectivity index (χ0) is 26.3. The molecule has 0 saturated carbocycles. The fourth-order valence-electron chi connectivity index (χ4n) is 3.57. The number of esters is 2. The third-order valence-corrected chi connectivity index (χ3v) is 5.54. The molecule has 0 fully saturated rings. The molecule has 2 rings (SSSR count). The standard InChI is InChI=1S/C14H20O2.C13H18O2.C3H8.CH4/c1-5-6-11-7-8-12(14(15)16-4)9-13(11)10(2)3;1-5-9(2)12-7-6-11(8-10(12)3)13(14)15-4;1-3-2;/h7-10H,5-6H2,1-4H3;6-9H,5H2,1-4H3;3H2,1-2H3;1H4. The topological polar surface area (TPSA) is 52.6 Å². The van der Waals surface area contributed by atoms with Crippen molar-refractivity contribution in [1.29, 1.82) is 0 Å². The molecule has 0 amide bonds. The Kier molecular flexibility index (Phi) is 18.4. The molecule has 1 atom stereocenters. The lowest BCUT2D eigenvalue weighted by Crippen LogP contribution is -2.04. The molecule has 1 unspecified atom stereocenters. The van der Waals surface area contributed by atoms with Gasteiger partial charge in [-0.2, -0.15) is 0 Å². The van der Waals surface area contributed by atoms with Gasteiger partial charge in [-0.25, -0.2) is 9.59 Å². The van der Waals surface area contributed by atoms with Gasteiger partial charge in [0.1, 0.15) is 0 Å². The molecule has 35 heavy (non-hydrogen) atoms. The maximum atomic E-state index is 11.4. The first-order valence-electron chi connectivity index (χ1n) is 12.5. The Morgan fingerprint density at radius 1 is 0.800 bits per heavy atom. The molecule has 0 heterocycles. The first kappa shape index (κ1) is 34.5. The largest absolute Gasteiger partial charge is 0.465 e. The van der Waals surface area contributed by atoms with Crippen molar-refractivity contribution in [1.82, 2.24) is 0 Å². The molecule has 2 aromatic carbocycles. The second kappa shape index (κ2) is 18.7. The van der Waals surface area contributed by atoms with Gasteiger partial charge in [-0.05, 0) is 78.1 Å². The van der Waals surface area contributed by atoms with Gasteiger partial charge in [0.25, 0.3) is 0 Å². The van der Waals surface area contributed by atoms with Gasteiger partial charge in [-0.15, -0.1) is 0 Å². The van der Waals surface area contributed by atoms with Gasteiger partial charge >= 0.3 is 11.9 Å². The molecule has 0 bridgehead atoms. The normalized spacial score (nSPS) is 10.6. The van der Waals surface area contributed by atoms with Crippen LogP contribution in [0.1, 0.15) is 130 Å². The van der Waals surface area contributed by atoms with Gasteiger partial charge < -0.3 is 9.47 Å². The van der Waals surface area contributed by atoms with E-state index in [0.717, 1.165) is 24.8 Å². The van der Waals surface area contributed by atoms with Gasteiger partial charge in [0.05, 0.1) is 25.3 Å². The minimum atomic E-state index is -0.270. The Morgan fingerprint density at radius 3 is 1.69 bits per heavy atom. The number of methoxy groups -OCH3 is 2. The zero-order valence-corrected chi connectivity index (χ0v) is 23.1. The number of rotatable bonds is 7. The number of benzene rings is 2. The molecule has 0 aromatic heterocycles. The summed E-state index contributed by atoms with van der Waals surface area (Å²) in [7, 11) is 2.82. The Balaban J connectivity index is 0. The first-order chi connectivity index (χ1) is 16.1. The van der Waals surface area contributed by atoms with E-state index in [1.165, 1.54) is 37.3 Å². The number of carbonyl (C=O) groups excluding carboxylic acids is 2. The summed E-state index contributed by atoms with van der Waals surface area (Å²) in [5, 5.41) is 0. The predicted molar refractivity (Wildman–Crippen MR) is 150 cm³/mol. The monoisotopic (exact) mass is 486 g/mol. The van der Waals surface area contributed by atoms with Crippen LogP contribution in [0.2, 0.25) is 0 Å². The Labute approximate surface area is 215 Å². The Morgan fingerprint density at radius 2 is 1.29 bits per heavy atom. The average molecular weight is 487 g/mol. The molecular weight excluding hydrogens is 436 g/mol. The molecule has 0 aliphatic rings. The minimum absolute atomic E-state index is 0. The molecule has 0 radical (unpaired) electrons. The third-order valence-electron chi connectivity index (χ3n) is 5.54. The zero-order valence-electron chi connectivity index (χ0n) is 23.1. The van der Waals surface area contributed by atoms with E-state index in [-0.39, 0.29) is 19.4 Å². The van der Waals surface area contributed by atoms with Crippen LogP contribution in [0.25, 0.3) is 0 Å². The van der Waals surface area contributed by atoms with Crippen LogP contribution in [0.4, 0.5) is 0 Å². The van der Waals surface area contributed by atoms with E-state index >= 15 is 0 Å². The molecule has 0 aliphatic heterocycles. The van der Waals surface area contributed by atoms with Crippen molar-refractivity contribution in [3.8, 4) is 0 Å². The summed E-state index contributed by atoms with van der Waals surface area (Å²) in [5.74, 6) is 0.446. The lowest BCUT2D eigenvalue weighted by atomic mass is 9.93. The molecule has 0 spiro atoms. The molecule has 4 heteroatoms. The lowest BCUT2D eigenvalue weighted by Gasteiger charge is -2.13. The van der Waals surface area contributed by atoms with Crippen molar-refractivity contribution in [2.24, 2.45) is 0 Å². The maximum absolute atomic E-state index is 11.4. The third kappa shape index (κ3) is 11.6. The van der Waals surface area contributed by atoms with Gasteiger partial charge in [0.15, 0.2) is 0 Å². The molecule has 0 saturated heterocycles. The van der Waals surface area contributed by atoms with E-state index in [2.05, 4.69) is 53.2 Å². The van der Waals surface area contributed by atoms with Crippen molar-refractivity contribution in [2.45, 2.75) is 100 Å². The van der Waals surface area contributed by atoms with Gasteiger partial charge in [0.2, 0.25) is 0 Å². The second-order valence-electron chi connectivity index (χ2n) is 8.89. The summed E-state index contributed by atoms with van der Waals surface area (Å²) in [4.78, 5) is 22.7. The fraction of sp³-hybridized carbons (Fsp3) is 0.548. The van der Waals surface area contributed by atoms with Crippen LogP contribution in [-0.4, -0.2) is 26.2 Å². The van der Waals surface area contributed by atoms with Crippen molar-refractivity contribution in [3.05, 3.63) is 69.8 Å². The predicted octanol–water partition coefficient (Wildman–Crippen LogP) is 8.90. The van der Waals surface area contributed by atoms with E-state index < -0.39 is 0 Å². The van der Waals surface area contributed by atoms with Crippen LogP contribution in [0.5, 0.6) is 0 Å².